The molecule has 0 heterocycles. The van der Waals surface area contributed by atoms with Crippen molar-refractivity contribution in [3.63, 3.8) is 0 Å². The number of rotatable bonds is 38. The van der Waals surface area contributed by atoms with Crippen LogP contribution in [0, 0.1) is 0 Å². The molecule has 0 aromatic carbocycles. The van der Waals surface area contributed by atoms with Gasteiger partial charge in [0.15, 0.2) is 6.10 Å². The van der Waals surface area contributed by atoms with Crippen molar-refractivity contribution in [2.24, 2.45) is 0 Å². The van der Waals surface area contributed by atoms with Gasteiger partial charge in [0.1, 0.15) is 0 Å². The number of unbranched alkanes of at least 4 members (excludes halogenated alkanes) is 29. The van der Waals surface area contributed by atoms with E-state index in [0.29, 0.717) is 12.8 Å². The first kappa shape index (κ1) is 46.9. The molecule has 1 unspecified atom stereocenters. The molecule has 0 aliphatic carbocycles. The van der Waals surface area contributed by atoms with Crippen molar-refractivity contribution in [1.29, 1.82) is 0 Å². The van der Waals surface area contributed by atoms with E-state index in [4.69, 9.17) is 9.47 Å². The second-order valence-electron chi connectivity index (χ2n) is 14.7. The summed E-state index contributed by atoms with van der Waals surface area (Å²) < 4.78 is 10.5. The van der Waals surface area contributed by atoms with Crippen molar-refractivity contribution < 1.29 is 29.3 Å². The monoisotopic (exact) mass is 683 g/mol. The molecule has 0 rings (SSSR count). The molecule has 0 aromatic rings. The Bertz CT molecular complexity index is 694. The summed E-state index contributed by atoms with van der Waals surface area (Å²) in [4.78, 5) is 24.9. The number of esters is 2. The SMILES string of the molecule is CCCCCCCCCCCCCCCCCC(=O)OC(CCCC)C(O)(O)OC(=O)CCCCCCCCCCCCCCCCC. The van der Waals surface area contributed by atoms with E-state index in [1.807, 2.05) is 6.92 Å². The molecule has 0 bridgehead atoms. The van der Waals surface area contributed by atoms with Crippen LogP contribution in [0.25, 0.3) is 0 Å². The van der Waals surface area contributed by atoms with Crippen molar-refractivity contribution in [3.05, 3.63) is 0 Å². The van der Waals surface area contributed by atoms with Gasteiger partial charge >= 0.3 is 17.9 Å². The van der Waals surface area contributed by atoms with Crippen LogP contribution in [0.5, 0.6) is 0 Å². The van der Waals surface area contributed by atoms with E-state index in [9.17, 15) is 19.8 Å². The van der Waals surface area contributed by atoms with E-state index in [1.54, 1.807) is 0 Å². The van der Waals surface area contributed by atoms with Gasteiger partial charge in [-0.1, -0.05) is 207 Å². The molecule has 0 saturated heterocycles. The maximum absolute atomic E-state index is 12.5. The zero-order valence-corrected chi connectivity index (χ0v) is 32.4. The van der Waals surface area contributed by atoms with Crippen LogP contribution in [0.2, 0.25) is 0 Å². The summed E-state index contributed by atoms with van der Waals surface area (Å²) in [5, 5.41) is 21.2. The zero-order chi connectivity index (χ0) is 35.4. The lowest BCUT2D eigenvalue weighted by molar-refractivity contribution is -0.360. The number of ether oxygens (including phenoxy) is 2. The largest absolute Gasteiger partial charge is 0.452 e. The molecule has 0 radical (unpaired) electrons. The molecule has 0 amide bonds. The molecule has 286 valence electrons. The van der Waals surface area contributed by atoms with Gasteiger partial charge in [-0.2, -0.15) is 0 Å². The summed E-state index contributed by atoms with van der Waals surface area (Å²) in [6.45, 7) is 6.51. The summed E-state index contributed by atoms with van der Waals surface area (Å²) in [6, 6.07) is 0. The predicted octanol–water partition coefficient (Wildman–Crippen LogP) is 12.8. The van der Waals surface area contributed by atoms with Crippen LogP contribution >= 0.6 is 0 Å². The topological polar surface area (TPSA) is 93.1 Å². The van der Waals surface area contributed by atoms with E-state index in [0.717, 1.165) is 38.5 Å². The van der Waals surface area contributed by atoms with Crippen molar-refractivity contribution in [2.45, 2.75) is 258 Å². The Morgan fingerprint density at radius 2 is 0.688 bits per heavy atom. The normalized spacial score (nSPS) is 12.4. The third-order valence-electron chi connectivity index (χ3n) is 9.75. The van der Waals surface area contributed by atoms with E-state index < -0.39 is 24.0 Å². The van der Waals surface area contributed by atoms with Gasteiger partial charge in [-0.05, 0) is 25.7 Å². The first-order valence-corrected chi connectivity index (χ1v) is 21.2. The lowest BCUT2D eigenvalue weighted by Crippen LogP contribution is -2.48. The summed E-state index contributed by atoms with van der Waals surface area (Å²) in [5.74, 6) is -3.92. The van der Waals surface area contributed by atoms with Crippen LogP contribution in [0.4, 0.5) is 0 Å². The Balaban J connectivity index is 3.95. The Labute approximate surface area is 298 Å². The summed E-state index contributed by atoms with van der Waals surface area (Å²) in [6.07, 6.45) is 38.2. The highest BCUT2D eigenvalue weighted by atomic mass is 16.8. The van der Waals surface area contributed by atoms with Crippen molar-refractivity contribution >= 4 is 11.9 Å². The highest BCUT2D eigenvalue weighted by molar-refractivity contribution is 5.70. The molecule has 0 saturated carbocycles. The van der Waals surface area contributed by atoms with Gasteiger partial charge in [-0.25, -0.2) is 0 Å². The Morgan fingerprint density at radius 3 is 1.00 bits per heavy atom. The van der Waals surface area contributed by atoms with Crippen LogP contribution in [0.1, 0.15) is 245 Å². The molecule has 0 aliphatic rings. The Kier molecular flexibility index (Phi) is 34.8. The molecule has 0 aromatic heterocycles. The third kappa shape index (κ3) is 32.1. The van der Waals surface area contributed by atoms with Crippen LogP contribution in [0.3, 0.4) is 0 Å². The van der Waals surface area contributed by atoms with Gasteiger partial charge in [0.25, 0.3) is 0 Å². The van der Waals surface area contributed by atoms with E-state index in [1.165, 1.54) is 154 Å². The minimum atomic E-state index is -2.80. The van der Waals surface area contributed by atoms with Crippen LogP contribution in [-0.2, 0) is 19.1 Å². The standard InChI is InChI=1S/C42H82O6/c1-4-7-10-12-14-16-18-20-22-24-26-28-30-32-34-37-40(43)47-39(36-9-6-3)42(45,46)48-41(44)38-35-33-31-29-27-25-23-21-19-17-15-13-11-8-5-2/h39,45-46H,4-38H2,1-3H3. The van der Waals surface area contributed by atoms with Gasteiger partial charge in [0, 0.05) is 12.8 Å². The minimum absolute atomic E-state index is 0.134. The molecule has 1 atom stereocenters. The van der Waals surface area contributed by atoms with E-state index in [2.05, 4.69) is 13.8 Å². The van der Waals surface area contributed by atoms with Crippen LogP contribution in [0.15, 0.2) is 0 Å². The van der Waals surface area contributed by atoms with Gasteiger partial charge in [0.2, 0.25) is 0 Å². The number of hydrogen-bond donors (Lipinski definition) is 2. The summed E-state index contributed by atoms with van der Waals surface area (Å²) in [7, 11) is 0. The zero-order valence-electron chi connectivity index (χ0n) is 32.4. The van der Waals surface area contributed by atoms with E-state index >= 15 is 0 Å². The van der Waals surface area contributed by atoms with Gasteiger partial charge < -0.3 is 19.7 Å². The fraction of sp³-hybridized carbons (Fsp3) is 0.952. The molecule has 2 N–H and O–H groups in total. The average Bonchev–Trinajstić information content (AvgIpc) is 3.06. The predicted molar refractivity (Wildman–Crippen MR) is 202 cm³/mol. The van der Waals surface area contributed by atoms with Crippen LogP contribution in [-0.4, -0.2) is 34.2 Å². The summed E-state index contributed by atoms with van der Waals surface area (Å²) >= 11 is 0. The molecule has 0 fully saturated rings. The van der Waals surface area contributed by atoms with Crippen molar-refractivity contribution in [2.75, 3.05) is 0 Å². The average molecular weight is 683 g/mol. The smallest absolute Gasteiger partial charge is 0.363 e. The Morgan fingerprint density at radius 1 is 0.417 bits per heavy atom. The van der Waals surface area contributed by atoms with Gasteiger partial charge in [-0.15, -0.1) is 0 Å². The quantitative estimate of drug-likeness (QED) is 0.0382. The number of aliphatic hydroxyl groups is 2. The highest BCUT2D eigenvalue weighted by Crippen LogP contribution is 2.22. The molecule has 6 heteroatoms. The highest BCUT2D eigenvalue weighted by Gasteiger charge is 2.41. The molecule has 6 nitrogen and oxygen atoms in total. The lowest BCUT2D eigenvalue weighted by atomic mass is 10.0. The Hall–Kier alpha value is -1.14. The minimum Gasteiger partial charge on any atom is -0.452 e. The molecular weight excluding hydrogens is 600 g/mol. The molecular formula is C42H82O6. The van der Waals surface area contributed by atoms with Gasteiger partial charge in [0.05, 0.1) is 0 Å². The maximum Gasteiger partial charge on any atom is 0.363 e. The molecule has 0 spiro atoms. The summed E-state index contributed by atoms with van der Waals surface area (Å²) in [5.41, 5.74) is 0. The van der Waals surface area contributed by atoms with Gasteiger partial charge in [-0.3, -0.25) is 9.59 Å². The lowest BCUT2D eigenvalue weighted by Gasteiger charge is -2.30. The molecule has 48 heavy (non-hydrogen) atoms. The first-order chi connectivity index (χ1) is 23.4. The number of carbonyl (C=O) groups excluding carboxylic acids is 2. The maximum atomic E-state index is 12.5. The van der Waals surface area contributed by atoms with Crippen molar-refractivity contribution in [1.82, 2.24) is 0 Å². The first-order valence-electron chi connectivity index (χ1n) is 21.2. The fourth-order valence-electron chi connectivity index (χ4n) is 6.50. The van der Waals surface area contributed by atoms with Crippen LogP contribution < -0.4 is 0 Å². The second-order valence-corrected chi connectivity index (χ2v) is 14.7. The third-order valence-corrected chi connectivity index (χ3v) is 9.75. The van der Waals surface area contributed by atoms with Crippen molar-refractivity contribution in [3.8, 4) is 0 Å². The molecule has 0 aliphatic heterocycles. The van der Waals surface area contributed by atoms with E-state index in [-0.39, 0.29) is 19.3 Å². The number of hydrogen-bond acceptors (Lipinski definition) is 6. The second kappa shape index (κ2) is 35.7. The fourth-order valence-corrected chi connectivity index (χ4v) is 6.50. The number of carbonyl (C=O) groups is 2.